The highest BCUT2D eigenvalue weighted by atomic mass is 35.5. The van der Waals surface area contributed by atoms with Gasteiger partial charge in [0.15, 0.2) is 4.34 Å². The highest BCUT2D eigenvalue weighted by Crippen LogP contribution is 2.32. The lowest BCUT2D eigenvalue weighted by Gasteiger charge is -2.09. The quantitative estimate of drug-likeness (QED) is 0.318. The molecule has 0 atom stereocenters. The third-order valence-corrected chi connectivity index (χ3v) is 6.85. The number of thiazole rings is 1. The fraction of sp³-hybridized carbons (Fsp3) is 0.0870. The number of hydrogen-bond donors (Lipinski definition) is 2. The van der Waals surface area contributed by atoms with E-state index in [1.165, 1.54) is 23.1 Å². The number of fused-ring (bicyclic) bond motifs is 1. The number of halogens is 1. The summed E-state index contributed by atoms with van der Waals surface area (Å²) in [4.78, 5) is 29.3. The molecule has 0 aliphatic carbocycles. The zero-order chi connectivity index (χ0) is 22.5. The van der Waals surface area contributed by atoms with Crippen LogP contribution in [0.5, 0.6) is 5.75 Å². The van der Waals surface area contributed by atoms with E-state index in [1.54, 1.807) is 49.6 Å². The van der Waals surface area contributed by atoms with Gasteiger partial charge < -0.3 is 15.4 Å². The topological polar surface area (TPSA) is 80.3 Å². The monoisotopic (exact) mass is 483 g/mol. The van der Waals surface area contributed by atoms with E-state index in [2.05, 4.69) is 15.6 Å². The summed E-state index contributed by atoms with van der Waals surface area (Å²) in [5.41, 5.74) is 2.64. The van der Waals surface area contributed by atoms with Gasteiger partial charge >= 0.3 is 0 Å². The summed E-state index contributed by atoms with van der Waals surface area (Å²) in [5, 5.41) is 6.31. The number of nitrogens with zero attached hydrogens (tertiary/aromatic N) is 1. The Morgan fingerprint density at radius 1 is 1.06 bits per heavy atom. The van der Waals surface area contributed by atoms with Gasteiger partial charge in [0.1, 0.15) is 5.75 Å². The average Bonchev–Trinajstić information content (AvgIpc) is 3.21. The summed E-state index contributed by atoms with van der Waals surface area (Å²) in [6, 6.07) is 19.5. The molecule has 4 aromatic rings. The SMILES string of the molecule is COc1ccccc1NC(=O)CSc1nc2ccc(NC(=O)c3ccc(Cl)cc3)cc2s1. The first-order valence-corrected chi connectivity index (χ1v) is 11.7. The molecule has 4 rings (SSSR count). The molecule has 2 N–H and O–H groups in total. The van der Waals surface area contributed by atoms with E-state index in [-0.39, 0.29) is 17.6 Å². The summed E-state index contributed by atoms with van der Waals surface area (Å²) >= 11 is 8.70. The fourth-order valence-electron chi connectivity index (χ4n) is 2.91. The summed E-state index contributed by atoms with van der Waals surface area (Å²) in [7, 11) is 1.56. The number of carbonyl (C=O) groups excluding carboxylic acids is 2. The number of methoxy groups -OCH3 is 1. The molecule has 0 aliphatic heterocycles. The molecule has 0 saturated heterocycles. The molecule has 1 aromatic heterocycles. The van der Waals surface area contributed by atoms with Crippen molar-refractivity contribution in [1.82, 2.24) is 4.98 Å². The molecule has 0 bridgehead atoms. The number of ether oxygens (including phenoxy) is 1. The molecule has 0 unspecified atom stereocenters. The number of thioether (sulfide) groups is 1. The number of rotatable bonds is 7. The second-order valence-corrected chi connectivity index (χ2v) is 9.35. The normalized spacial score (nSPS) is 10.7. The van der Waals surface area contributed by atoms with Crippen LogP contribution in [-0.2, 0) is 4.79 Å². The van der Waals surface area contributed by atoms with E-state index in [1.807, 2.05) is 24.3 Å². The van der Waals surface area contributed by atoms with E-state index in [4.69, 9.17) is 16.3 Å². The Hall–Kier alpha value is -3.07. The van der Waals surface area contributed by atoms with Crippen molar-refractivity contribution in [3.8, 4) is 5.75 Å². The lowest BCUT2D eigenvalue weighted by Crippen LogP contribution is -2.14. The van der Waals surface area contributed by atoms with Crippen LogP contribution in [0.2, 0.25) is 5.02 Å². The molecule has 2 amide bonds. The minimum Gasteiger partial charge on any atom is -0.495 e. The standard InChI is InChI=1S/C23H18ClN3O3S2/c1-30-19-5-3-2-4-17(19)26-21(28)13-31-23-27-18-11-10-16(12-20(18)32-23)25-22(29)14-6-8-15(24)9-7-14/h2-12H,13H2,1H3,(H,25,29)(H,26,28). The van der Waals surface area contributed by atoms with Crippen molar-refractivity contribution < 1.29 is 14.3 Å². The Kier molecular flexibility index (Phi) is 6.94. The maximum atomic E-state index is 12.4. The Balaban J connectivity index is 1.39. The molecule has 0 radical (unpaired) electrons. The average molecular weight is 484 g/mol. The van der Waals surface area contributed by atoms with Crippen LogP contribution in [0.1, 0.15) is 10.4 Å². The maximum absolute atomic E-state index is 12.4. The first-order chi connectivity index (χ1) is 15.5. The van der Waals surface area contributed by atoms with Gasteiger partial charge in [0, 0.05) is 16.3 Å². The van der Waals surface area contributed by atoms with Crippen LogP contribution in [-0.4, -0.2) is 29.7 Å². The van der Waals surface area contributed by atoms with Crippen LogP contribution in [0.15, 0.2) is 71.1 Å². The van der Waals surface area contributed by atoms with Crippen molar-refractivity contribution in [3.63, 3.8) is 0 Å². The van der Waals surface area contributed by atoms with Crippen molar-refractivity contribution in [2.75, 3.05) is 23.5 Å². The van der Waals surface area contributed by atoms with Gasteiger partial charge in [0.2, 0.25) is 5.91 Å². The van der Waals surface area contributed by atoms with Gasteiger partial charge in [0.05, 0.1) is 28.8 Å². The van der Waals surface area contributed by atoms with E-state index >= 15 is 0 Å². The van der Waals surface area contributed by atoms with Crippen LogP contribution < -0.4 is 15.4 Å². The first-order valence-electron chi connectivity index (χ1n) is 9.55. The number of nitrogens with one attached hydrogen (secondary N) is 2. The Labute approximate surface area is 198 Å². The second kappa shape index (κ2) is 10.0. The molecule has 0 aliphatic rings. The van der Waals surface area contributed by atoms with Crippen LogP contribution in [0.3, 0.4) is 0 Å². The van der Waals surface area contributed by atoms with E-state index in [9.17, 15) is 9.59 Å². The Morgan fingerprint density at radius 2 is 1.84 bits per heavy atom. The lowest BCUT2D eigenvalue weighted by atomic mass is 10.2. The summed E-state index contributed by atoms with van der Waals surface area (Å²) in [6.45, 7) is 0. The zero-order valence-electron chi connectivity index (χ0n) is 16.9. The first kappa shape index (κ1) is 22.1. The molecule has 0 spiro atoms. The van der Waals surface area contributed by atoms with Gasteiger partial charge in [-0.1, -0.05) is 35.5 Å². The minimum absolute atomic E-state index is 0.144. The zero-order valence-corrected chi connectivity index (χ0v) is 19.3. The van der Waals surface area contributed by atoms with Crippen LogP contribution in [0, 0.1) is 0 Å². The number of benzene rings is 3. The van der Waals surface area contributed by atoms with Crippen molar-refractivity contribution in [2.24, 2.45) is 0 Å². The highest BCUT2D eigenvalue weighted by Gasteiger charge is 2.12. The molecule has 6 nitrogen and oxygen atoms in total. The molecule has 0 fully saturated rings. The summed E-state index contributed by atoms with van der Waals surface area (Å²) in [6.07, 6.45) is 0. The van der Waals surface area contributed by atoms with Gasteiger partial charge in [-0.25, -0.2) is 4.98 Å². The molecule has 0 saturated carbocycles. The Bertz CT molecular complexity index is 1280. The number of anilines is 2. The molecular weight excluding hydrogens is 466 g/mol. The van der Waals surface area contributed by atoms with Gasteiger partial charge in [-0.2, -0.15) is 0 Å². The lowest BCUT2D eigenvalue weighted by molar-refractivity contribution is -0.113. The van der Waals surface area contributed by atoms with Crippen molar-refractivity contribution in [3.05, 3.63) is 77.3 Å². The number of para-hydroxylation sites is 2. The predicted molar refractivity (Wildman–Crippen MR) is 131 cm³/mol. The molecule has 3 aromatic carbocycles. The maximum Gasteiger partial charge on any atom is 0.255 e. The number of carbonyl (C=O) groups is 2. The van der Waals surface area contributed by atoms with Crippen molar-refractivity contribution >= 4 is 68.1 Å². The largest absolute Gasteiger partial charge is 0.495 e. The second-order valence-electron chi connectivity index (χ2n) is 6.66. The number of hydrogen-bond acceptors (Lipinski definition) is 6. The van der Waals surface area contributed by atoms with Crippen LogP contribution in [0.25, 0.3) is 10.2 Å². The van der Waals surface area contributed by atoms with Crippen molar-refractivity contribution in [1.29, 1.82) is 0 Å². The number of amides is 2. The van der Waals surface area contributed by atoms with Crippen LogP contribution in [0.4, 0.5) is 11.4 Å². The van der Waals surface area contributed by atoms with Gasteiger partial charge in [-0.3, -0.25) is 9.59 Å². The molecule has 1 heterocycles. The number of aromatic nitrogens is 1. The molecule has 32 heavy (non-hydrogen) atoms. The smallest absolute Gasteiger partial charge is 0.255 e. The van der Waals surface area contributed by atoms with Gasteiger partial charge in [-0.05, 0) is 54.6 Å². The molecular formula is C23H18ClN3O3S2. The summed E-state index contributed by atoms with van der Waals surface area (Å²) in [5.74, 6) is 0.472. The minimum atomic E-state index is -0.215. The van der Waals surface area contributed by atoms with Crippen LogP contribution >= 0.6 is 34.7 Å². The Morgan fingerprint density at radius 3 is 2.62 bits per heavy atom. The highest BCUT2D eigenvalue weighted by molar-refractivity contribution is 8.01. The van der Waals surface area contributed by atoms with Gasteiger partial charge in [-0.15, -0.1) is 11.3 Å². The van der Waals surface area contributed by atoms with E-state index < -0.39 is 0 Å². The van der Waals surface area contributed by atoms with E-state index in [0.29, 0.717) is 27.7 Å². The molecule has 162 valence electrons. The predicted octanol–water partition coefficient (Wildman–Crippen LogP) is 5.94. The third-order valence-electron chi connectivity index (χ3n) is 4.44. The van der Waals surface area contributed by atoms with Gasteiger partial charge in [0.25, 0.3) is 5.91 Å². The fourth-order valence-corrected chi connectivity index (χ4v) is 4.94. The molecule has 9 heteroatoms. The third kappa shape index (κ3) is 5.40. The van der Waals surface area contributed by atoms with E-state index in [0.717, 1.165) is 14.6 Å². The van der Waals surface area contributed by atoms with Crippen molar-refractivity contribution in [2.45, 2.75) is 4.34 Å². The summed E-state index contributed by atoms with van der Waals surface area (Å²) < 4.78 is 6.95.